The molecule has 2 aromatic carbocycles. The zero-order valence-corrected chi connectivity index (χ0v) is 11.5. The SMILES string of the molecule is Nc1ccc(C(=O)NCc2ccc3c(c2)OCCO3)cc1. The summed E-state index contributed by atoms with van der Waals surface area (Å²) in [4.78, 5) is 12.0. The van der Waals surface area contributed by atoms with E-state index in [0.717, 1.165) is 17.1 Å². The lowest BCUT2D eigenvalue weighted by molar-refractivity contribution is 0.0951. The fourth-order valence-electron chi connectivity index (χ4n) is 2.12. The Bertz CT molecular complexity index is 653. The Balaban J connectivity index is 1.64. The number of hydrogen-bond donors (Lipinski definition) is 2. The van der Waals surface area contributed by atoms with Crippen molar-refractivity contribution in [3.63, 3.8) is 0 Å². The van der Waals surface area contributed by atoms with Gasteiger partial charge >= 0.3 is 0 Å². The minimum atomic E-state index is -0.134. The number of nitrogen functional groups attached to an aromatic ring is 1. The lowest BCUT2D eigenvalue weighted by Gasteiger charge is -2.19. The minimum absolute atomic E-state index is 0.134. The highest BCUT2D eigenvalue weighted by molar-refractivity contribution is 5.94. The van der Waals surface area contributed by atoms with E-state index < -0.39 is 0 Å². The van der Waals surface area contributed by atoms with Gasteiger partial charge in [-0.2, -0.15) is 0 Å². The molecule has 21 heavy (non-hydrogen) atoms. The van der Waals surface area contributed by atoms with Crippen LogP contribution in [0.1, 0.15) is 15.9 Å². The normalized spacial score (nSPS) is 12.8. The fraction of sp³-hybridized carbons (Fsp3) is 0.188. The van der Waals surface area contributed by atoms with E-state index in [4.69, 9.17) is 15.2 Å². The molecule has 0 aromatic heterocycles. The molecule has 0 bridgehead atoms. The molecule has 0 spiro atoms. The quantitative estimate of drug-likeness (QED) is 0.845. The molecule has 0 saturated heterocycles. The molecule has 0 saturated carbocycles. The van der Waals surface area contributed by atoms with Gasteiger partial charge in [-0.05, 0) is 42.0 Å². The Morgan fingerprint density at radius 1 is 1.05 bits per heavy atom. The van der Waals surface area contributed by atoms with Gasteiger partial charge in [-0.15, -0.1) is 0 Å². The molecule has 108 valence electrons. The van der Waals surface area contributed by atoms with Crippen molar-refractivity contribution in [1.82, 2.24) is 5.32 Å². The van der Waals surface area contributed by atoms with Gasteiger partial charge in [0.05, 0.1) is 0 Å². The molecule has 1 aliphatic rings. The predicted molar refractivity (Wildman–Crippen MR) is 79.5 cm³/mol. The summed E-state index contributed by atoms with van der Waals surface area (Å²) in [7, 11) is 0. The second-order valence-electron chi connectivity index (χ2n) is 4.78. The molecule has 3 rings (SSSR count). The van der Waals surface area contributed by atoms with Gasteiger partial charge in [0.1, 0.15) is 13.2 Å². The molecule has 0 atom stereocenters. The molecule has 1 amide bonds. The highest BCUT2D eigenvalue weighted by atomic mass is 16.6. The molecule has 0 fully saturated rings. The summed E-state index contributed by atoms with van der Waals surface area (Å²) in [5.41, 5.74) is 7.78. The minimum Gasteiger partial charge on any atom is -0.486 e. The lowest BCUT2D eigenvalue weighted by atomic mass is 10.1. The van der Waals surface area contributed by atoms with E-state index in [1.165, 1.54) is 0 Å². The van der Waals surface area contributed by atoms with Crippen molar-refractivity contribution in [2.75, 3.05) is 18.9 Å². The number of nitrogens with one attached hydrogen (secondary N) is 1. The van der Waals surface area contributed by atoms with Crippen LogP contribution in [0.3, 0.4) is 0 Å². The number of rotatable bonds is 3. The van der Waals surface area contributed by atoms with E-state index in [9.17, 15) is 4.79 Å². The maximum Gasteiger partial charge on any atom is 0.251 e. The van der Waals surface area contributed by atoms with Gasteiger partial charge in [-0.1, -0.05) is 6.07 Å². The third kappa shape index (κ3) is 3.08. The molecular formula is C16H16N2O3. The van der Waals surface area contributed by atoms with Crippen molar-refractivity contribution < 1.29 is 14.3 Å². The number of anilines is 1. The van der Waals surface area contributed by atoms with Crippen LogP contribution in [0.4, 0.5) is 5.69 Å². The number of carbonyl (C=O) groups is 1. The van der Waals surface area contributed by atoms with Gasteiger partial charge in [0.2, 0.25) is 0 Å². The van der Waals surface area contributed by atoms with Crippen LogP contribution in [0.5, 0.6) is 11.5 Å². The highest BCUT2D eigenvalue weighted by Crippen LogP contribution is 2.30. The Labute approximate surface area is 122 Å². The number of benzene rings is 2. The smallest absolute Gasteiger partial charge is 0.251 e. The van der Waals surface area contributed by atoms with Crippen molar-refractivity contribution in [3.05, 3.63) is 53.6 Å². The maximum atomic E-state index is 12.0. The van der Waals surface area contributed by atoms with Crippen LogP contribution in [0, 0.1) is 0 Å². The molecule has 1 heterocycles. The third-order valence-corrected chi connectivity index (χ3v) is 3.23. The predicted octanol–water partition coefficient (Wildman–Crippen LogP) is 1.97. The van der Waals surface area contributed by atoms with Gasteiger partial charge in [0.15, 0.2) is 11.5 Å². The number of ether oxygens (including phenoxy) is 2. The zero-order chi connectivity index (χ0) is 14.7. The summed E-state index contributed by atoms with van der Waals surface area (Å²) in [6, 6.07) is 12.5. The van der Waals surface area contributed by atoms with Crippen LogP contribution >= 0.6 is 0 Å². The first-order chi connectivity index (χ1) is 10.2. The monoisotopic (exact) mass is 284 g/mol. The summed E-state index contributed by atoms with van der Waals surface area (Å²) in [5.74, 6) is 1.33. The first-order valence-corrected chi connectivity index (χ1v) is 6.74. The van der Waals surface area contributed by atoms with Gasteiger partial charge in [-0.25, -0.2) is 0 Å². The van der Waals surface area contributed by atoms with Gasteiger partial charge in [0.25, 0.3) is 5.91 Å². The van der Waals surface area contributed by atoms with E-state index in [0.29, 0.717) is 31.0 Å². The third-order valence-electron chi connectivity index (χ3n) is 3.23. The van der Waals surface area contributed by atoms with Crippen molar-refractivity contribution in [3.8, 4) is 11.5 Å². The van der Waals surface area contributed by atoms with Crippen LogP contribution in [0.2, 0.25) is 0 Å². The Morgan fingerprint density at radius 3 is 2.52 bits per heavy atom. The van der Waals surface area contributed by atoms with Crippen molar-refractivity contribution in [2.45, 2.75) is 6.54 Å². The maximum absolute atomic E-state index is 12.0. The molecule has 5 heteroatoms. The highest BCUT2D eigenvalue weighted by Gasteiger charge is 2.12. The van der Waals surface area contributed by atoms with Crippen LogP contribution < -0.4 is 20.5 Å². The second kappa shape index (κ2) is 5.75. The first-order valence-electron chi connectivity index (χ1n) is 6.74. The molecule has 0 unspecified atom stereocenters. The topological polar surface area (TPSA) is 73.6 Å². The zero-order valence-electron chi connectivity index (χ0n) is 11.5. The van der Waals surface area contributed by atoms with Crippen LogP contribution in [-0.4, -0.2) is 19.1 Å². The molecule has 1 aliphatic heterocycles. The van der Waals surface area contributed by atoms with Gasteiger partial charge in [-0.3, -0.25) is 4.79 Å². The summed E-state index contributed by atoms with van der Waals surface area (Å²) in [5, 5.41) is 2.87. The largest absolute Gasteiger partial charge is 0.486 e. The Kier molecular flexibility index (Phi) is 3.64. The van der Waals surface area contributed by atoms with Gasteiger partial charge in [0, 0.05) is 17.8 Å². The summed E-state index contributed by atoms with van der Waals surface area (Å²) >= 11 is 0. The molecule has 5 nitrogen and oxygen atoms in total. The molecule has 2 aromatic rings. The van der Waals surface area contributed by atoms with E-state index in [-0.39, 0.29) is 5.91 Å². The fourth-order valence-corrected chi connectivity index (χ4v) is 2.12. The van der Waals surface area contributed by atoms with Crippen LogP contribution in [-0.2, 0) is 6.54 Å². The molecule has 0 aliphatic carbocycles. The summed E-state index contributed by atoms with van der Waals surface area (Å²) in [6.45, 7) is 1.55. The number of nitrogens with two attached hydrogens (primary N) is 1. The van der Waals surface area contributed by atoms with Crippen molar-refractivity contribution in [2.24, 2.45) is 0 Å². The number of hydrogen-bond acceptors (Lipinski definition) is 4. The van der Waals surface area contributed by atoms with Crippen LogP contribution in [0.25, 0.3) is 0 Å². The molecular weight excluding hydrogens is 268 g/mol. The van der Waals surface area contributed by atoms with Gasteiger partial charge < -0.3 is 20.5 Å². The Hall–Kier alpha value is -2.69. The average molecular weight is 284 g/mol. The van der Waals surface area contributed by atoms with Crippen molar-refractivity contribution in [1.29, 1.82) is 0 Å². The summed E-state index contributed by atoms with van der Waals surface area (Å²) < 4.78 is 11.0. The average Bonchev–Trinajstić information content (AvgIpc) is 2.53. The van der Waals surface area contributed by atoms with E-state index >= 15 is 0 Å². The van der Waals surface area contributed by atoms with E-state index in [2.05, 4.69) is 5.32 Å². The number of amides is 1. The van der Waals surface area contributed by atoms with E-state index in [1.807, 2.05) is 18.2 Å². The Morgan fingerprint density at radius 2 is 1.76 bits per heavy atom. The van der Waals surface area contributed by atoms with Crippen molar-refractivity contribution >= 4 is 11.6 Å². The first kappa shape index (κ1) is 13.3. The van der Waals surface area contributed by atoms with Crippen LogP contribution in [0.15, 0.2) is 42.5 Å². The standard InChI is InChI=1S/C16H16N2O3/c17-13-4-2-12(3-5-13)16(19)18-10-11-1-6-14-15(9-11)21-8-7-20-14/h1-6,9H,7-8,10,17H2,(H,18,19). The number of fused-ring (bicyclic) bond motifs is 1. The number of carbonyl (C=O) groups excluding carboxylic acids is 1. The lowest BCUT2D eigenvalue weighted by Crippen LogP contribution is -2.23. The molecule has 3 N–H and O–H groups in total. The molecule has 0 radical (unpaired) electrons. The summed E-state index contributed by atoms with van der Waals surface area (Å²) in [6.07, 6.45) is 0. The second-order valence-corrected chi connectivity index (χ2v) is 4.78. The van der Waals surface area contributed by atoms with E-state index in [1.54, 1.807) is 24.3 Å².